The zero-order valence-corrected chi connectivity index (χ0v) is 25.5. The molecule has 0 N–H and O–H groups in total. The first kappa shape index (κ1) is 21.7. The van der Waals surface area contributed by atoms with Crippen LogP contribution in [0.4, 0.5) is 5.82 Å². The summed E-state index contributed by atoms with van der Waals surface area (Å²) in [6.45, 7) is -12.8. The molecule has 1 saturated heterocycles. The molecule has 0 spiro atoms. The molecule has 1 aliphatic carbocycles. The van der Waals surface area contributed by atoms with Crippen molar-refractivity contribution >= 4 is 16.7 Å². The van der Waals surface area contributed by atoms with Crippen LogP contribution in [0, 0.1) is 0 Å². The van der Waals surface area contributed by atoms with E-state index >= 15 is 0 Å². The van der Waals surface area contributed by atoms with Crippen LogP contribution in [0.25, 0.3) is 10.9 Å². The molecule has 8 nitrogen and oxygen atoms in total. The Balaban J connectivity index is 1.13. The zero-order chi connectivity index (χ0) is 38.6. The smallest absolute Gasteiger partial charge is 0.225 e. The van der Waals surface area contributed by atoms with Crippen molar-refractivity contribution in [2.45, 2.75) is 43.2 Å². The number of fused-ring (bicyclic) bond motifs is 1. The van der Waals surface area contributed by atoms with E-state index in [9.17, 15) is 0 Å². The molecule has 3 aromatic heterocycles. The molecule has 6 aromatic rings. The Morgan fingerprint density at radius 2 is 1.38 bits per heavy atom. The number of morpholine rings is 1. The number of pyridine rings is 2. The van der Waals surface area contributed by atoms with Crippen LogP contribution in [0.3, 0.4) is 0 Å². The van der Waals surface area contributed by atoms with Crippen molar-refractivity contribution in [2.24, 2.45) is 0 Å². The lowest BCUT2D eigenvalue weighted by atomic mass is 9.76. The SMILES string of the molecule is [2H]C1([2H])OC([2H])([2H])C([2H])([2H])N(c2cc3ncccc3c(OC3CCC(c4nncn4C(c4ccccc4)(c4ccccc4)c4ccccc4)CC3)n2)C1([2H])[2H]. The number of benzene rings is 3. The van der Waals surface area contributed by atoms with Crippen LogP contribution in [0.1, 0.15) is 65.1 Å². The molecule has 2 fully saturated rings. The van der Waals surface area contributed by atoms with Crippen LogP contribution in [0.15, 0.2) is 122 Å². The van der Waals surface area contributed by atoms with E-state index in [0.717, 1.165) is 22.5 Å². The number of rotatable bonds is 8. The zero-order valence-electron chi connectivity index (χ0n) is 33.5. The van der Waals surface area contributed by atoms with Gasteiger partial charge in [-0.1, -0.05) is 91.0 Å². The van der Waals surface area contributed by atoms with Gasteiger partial charge in [0.25, 0.3) is 0 Å². The molecule has 0 unspecified atom stereocenters. The third kappa shape index (κ3) is 5.52. The number of nitrogens with zero attached hydrogens (tertiary/aromatic N) is 6. The molecule has 0 amide bonds. The summed E-state index contributed by atoms with van der Waals surface area (Å²) in [5.41, 5.74) is 2.71. The van der Waals surface area contributed by atoms with Gasteiger partial charge in [-0.3, -0.25) is 9.55 Å². The number of hydrogen-bond donors (Lipinski definition) is 0. The van der Waals surface area contributed by atoms with Crippen molar-refractivity contribution in [3.8, 4) is 5.88 Å². The quantitative estimate of drug-likeness (QED) is 0.168. The predicted octanol–water partition coefficient (Wildman–Crippen LogP) is 7.00. The first-order chi connectivity index (χ1) is 26.3. The van der Waals surface area contributed by atoms with Crippen molar-refractivity contribution in [1.82, 2.24) is 24.7 Å². The summed E-state index contributed by atoms with van der Waals surface area (Å²) in [6, 6.07) is 35.8. The lowest BCUT2D eigenvalue weighted by Gasteiger charge is -2.39. The van der Waals surface area contributed by atoms with Crippen LogP contribution in [-0.2, 0) is 10.3 Å². The van der Waals surface area contributed by atoms with Gasteiger partial charge < -0.3 is 14.4 Å². The Hall–Kier alpha value is -5.08. The molecule has 0 radical (unpaired) electrons. The van der Waals surface area contributed by atoms with Gasteiger partial charge in [-0.05, 0) is 54.5 Å². The Kier molecular flexibility index (Phi) is 5.98. The third-order valence-electron chi connectivity index (χ3n) is 9.02. The fourth-order valence-electron chi connectivity index (χ4n) is 6.87. The fourth-order valence-corrected chi connectivity index (χ4v) is 6.87. The van der Waals surface area contributed by atoms with Crippen molar-refractivity contribution in [1.29, 1.82) is 0 Å². The lowest BCUT2D eigenvalue weighted by Crippen LogP contribution is -2.39. The minimum Gasteiger partial charge on any atom is -0.474 e. The van der Waals surface area contributed by atoms with Crippen LogP contribution in [-0.4, -0.2) is 56.9 Å². The van der Waals surface area contributed by atoms with E-state index in [1.807, 2.05) is 60.9 Å². The molecule has 1 aliphatic heterocycles. The number of aromatic nitrogens is 5. The highest BCUT2D eigenvalue weighted by Gasteiger charge is 2.41. The molecule has 3 aromatic carbocycles. The van der Waals surface area contributed by atoms with Crippen molar-refractivity contribution in [3.05, 3.63) is 144 Å². The summed E-state index contributed by atoms with van der Waals surface area (Å²) in [7, 11) is 0. The average Bonchev–Trinajstić information content (AvgIpc) is 3.66. The largest absolute Gasteiger partial charge is 0.474 e. The van der Waals surface area contributed by atoms with E-state index in [0.29, 0.717) is 41.5 Å². The third-order valence-corrected chi connectivity index (χ3v) is 9.02. The normalized spacial score (nSPS) is 25.5. The van der Waals surface area contributed by atoms with Crippen molar-refractivity contribution < 1.29 is 20.4 Å². The van der Waals surface area contributed by atoms with E-state index < -0.39 is 31.7 Å². The summed E-state index contributed by atoms with van der Waals surface area (Å²) >= 11 is 0. The summed E-state index contributed by atoms with van der Waals surface area (Å²) in [6.07, 6.45) is 5.59. The molecule has 8 rings (SSSR count). The Bertz CT molecular complexity index is 2170. The average molecular weight is 631 g/mol. The van der Waals surface area contributed by atoms with Gasteiger partial charge >= 0.3 is 0 Å². The summed E-state index contributed by atoms with van der Waals surface area (Å²) in [5.74, 6) is 0.536. The molecule has 47 heavy (non-hydrogen) atoms. The van der Waals surface area contributed by atoms with E-state index in [-0.39, 0.29) is 23.7 Å². The molecule has 2 aliphatic rings. The summed E-state index contributed by atoms with van der Waals surface area (Å²) < 4.78 is 80.5. The first-order valence-electron chi connectivity index (χ1n) is 19.8. The van der Waals surface area contributed by atoms with Gasteiger partial charge in [0, 0.05) is 31.2 Å². The van der Waals surface area contributed by atoms with Gasteiger partial charge in [-0.25, -0.2) is 0 Å². The second-order valence-corrected chi connectivity index (χ2v) is 11.7. The first-order valence-corrected chi connectivity index (χ1v) is 15.8. The number of anilines is 1. The molecule has 0 atom stereocenters. The fraction of sp³-hybridized carbons (Fsp3) is 0.282. The van der Waals surface area contributed by atoms with Crippen molar-refractivity contribution in [3.63, 3.8) is 0 Å². The van der Waals surface area contributed by atoms with E-state index in [1.165, 1.54) is 12.3 Å². The Morgan fingerprint density at radius 3 is 2.00 bits per heavy atom. The Labute approximate surface area is 286 Å². The molecule has 1 saturated carbocycles. The van der Waals surface area contributed by atoms with Gasteiger partial charge in [-0.15, -0.1) is 10.2 Å². The number of hydrogen-bond acceptors (Lipinski definition) is 7. The van der Waals surface area contributed by atoms with E-state index in [1.54, 1.807) is 12.1 Å². The maximum atomic E-state index is 8.58. The minimum atomic E-state index is -3.23. The maximum absolute atomic E-state index is 8.58. The highest BCUT2D eigenvalue weighted by Crippen LogP contribution is 2.44. The van der Waals surface area contributed by atoms with Gasteiger partial charge in [0.2, 0.25) is 5.88 Å². The highest BCUT2D eigenvalue weighted by atomic mass is 16.5. The monoisotopic (exact) mass is 630 g/mol. The molecule has 236 valence electrons. The molecule has 8 heteroatoms. The summed E-state index contributed by atoms with van der Waals surface area (Å²) in [5, 5.41) is 9.74. The van der Waals surface area contributed by atoms with Crippen LogP contribution in [0.5, 0.6) is 5.88 Å². The van der Waals surface area contributed by atoms with Gasteiger partial charge in [0.05, 0.1) is 35.0 Å². The molecular weight excluding hydrogens is 584 g/mol. The predicted molar refractivity (Wildman–Crippen MR) is 183 cm³/mol. The number of ether oxygens (including phenoxy) is 2. The highest BCUT2D eigenvalue weighted by molar-refractivity contribution is 5.85. The topological polar surface area (TPSA) is 78.2 Å². The minimum absolute atomic E-state index is 0.0212. The molecule has 0 bridgehead atoms. The molecular formula is C39H38N6O2. The van der Waals surface area contributed by atoms with Crippen LogP contribution >= 0.6 is 0 Å². The van der Waals surface area contributed by atoms with E-state index in [2.05, 4.69) is 56.0 Å². The van der Waals surface area contributed by atoms with Gasteiger partial charge in [-0.2, -0.15) is 4.98 Å². The van der Waals surface area contributed by atoms with E-state index in [4.69, 9.17) is 25.5 Å². The second kappa shape index (κ2) is 13.0. The van der Waals surface area contributed by atoms with Crippen LogP contribution in [0.2, 0.25) is 0 Å². The summed E-state index contributed by atoms with van der Waals surface area (Å²) in [4.78, 5) is 9.26. The molecule has 4 heterocycles. The van der Waals surface area contributed by atoms with Gasteiger partial charge in [0.15, 0.2) is 0 Å². The standard InChI is InChI=1S/C39H38N6O2/c1-4-11-30(12-5-1)39(31-13-6-2-7-14-31,32-15-8-3-9-16-32)45-28-41-43-37(45)29-18-20-33(21-19-29)47-38-34-17-10-22-40-35(34)27-36(42-38)44-23-25-46-26-24-44/h1-17,22,27-29,33H,18-21,23-26H2/i23D2,24D2,25D2,26D2. The second-order valence-electron chi connectivity index (χ2n) is 11.7. The lowest BCUT2D eigenvalue weighted by molar-refractivity contribution is 0.121. The van der Waals surface area contributed by atoms with Crippen molar-refractivity contribution in [2.75, 3.05) is 31.0 Å². The van der Waals surface area contributed by atoms with Crippen LogP contribution < -0.4 is 9.64 Å². The maximum Gasteiger partial charge on any atom is 0.225 e. The Morgan fingerprint density at radius 1 is 0.766 bits per heavy atom. The van der Waals surface area contributed by atoms with Gasteiger partial charge in [0.1, 0.15) is 29.6 Å².